The summed E-state index contributed by atoms with van der Waals surface area (Å²) in [5.41, 5.74) is 10.4. The van der Waals surface area contributed by atoms with Gasteiger partial charge in [0.05, 0.1) is 9.26 Å². The van der Waals surface area contributed by atoms with Crippen molar-refractivity contribution in [1.29, 1.82) is 0 Å². The number of H-pyrrole nitrogens is 1. The maximum absolute atomic E-state index is 5.71. The lowest BCUT2D eigenvalue weighted by atomic mass is 10.0. The number of hydrogen-bond acceptors (Lipinski definition) is 2. The van der Waals surface area contributed by atoms with E-state index in [0.717, 1.165) is 14.8 Å². The summed E-state index contributed by atoms with van der Waals surface area (Å²) in [5.74, 6) is 0.561. The summed E-state index contributed by atoms with van der Waals surface area (Å²) in [4.78, 5) is 0. The molecule has 2 rings (SSSR count). The Hall–Kier alpha value is -1.04. The molecule has 1 heterocycles. The second kappa shape index (κ2) is 3.84. The first-order valence-corrected chi connectivity index (χ1v) is 5.74. The number of rotatable bonds is 1. The van der Waals surface area contributed by atoms with E-state index in [1.165, 1.54) is 11.1 Å². The van der Waals surface area contributed by atoms with Gasteiger partial charge in [-0.1, -0.05) is 23.8 Å². The van der Waals surface area contributed by atoms with Gasteiger partial charge in [0.25, 0.3) is 0 Å². The normalized spacial score (nSPS) is 10.6. The molecule has 0 aliphatic rings. The minimum Gasteiger partial charge on any atom is -0.381 e. The highest BCUT2D eigenvalue weighted by atomic mass is 127. The summed E-state index contributed by atoms with van der Waals surface area (Å²) in [6.07, 6.45) is 0. The molecule has 4 heteroatoms. The fourth-order valence-corrected chi connectivity index (χ4v) is 2.15. The van der Waals surface area contributed by atoms with Gasteiger partial charge in [-0.15, -0.1) is 0 Å². The van der Waals surface area contributed by atoms with Crippen molar-refractivity contribution < 1.29 is 0 Å². The lowest BCUT2D eigenvalue weighted by Crippen LogP contribution is -1.88. The highest BCUT2D eigenvalue weighted by molar-refractivity contribution is 14.1. The number of hydrogen-bond donors (Lipinski definition) is 2. The monoisotopic (exact) mass is 313 g/mol. The number of anilines is 1. The summed E-state index contributed by atoms with van der Waals surface area (Å²) >= 11 is 2.21. The number of halogens is 1. The number of nitrogens with zero attached hydrogens (tertiary/aromatic N) is 1. The fourth-order valence-electron chi connectivity index (χ4n) is 1.61. The molecule has 78 valence electrons. The van der Waals surface area contributed by atoms with Crippen LogP contribution in [0.3, 0.4) is 0 Å². The molecule has 3 nitrogen and oxygen atoms in total. The molecule has 1 aromatic heterocycles. The van der Waals surface area contributed by atoms with E-state index < -0.39 is 0 Å². The van der Waals surface area contributed by atoms with Crippen LogP contribution in [-0.2, 0) is 0 Å². The number of nitrogens with one attached hydrogen (secondary N) is 1. The number of benzene rings is 1. The molecule has 0 spiro atoms. The molecule has 3 N–H and O–H groups in total. The SMILES string of the molecule is Cc1ccc(-c2[nH]nc(N)c2I)c(C)c1. The molecule has 0 atom stereocenters. The first-order chi connectivity index (χ1) is 7.09. The van der Waals surface area contributed by atoms with E-state index in [1.807, 2.05) is 0 Å². The first-order valence-electron chi connectivity index (χ1n) is 4.66. The van der Waals surface area contributed by atoms with Crippen molar-refractivity contribution in [2.24, 2.45) is 0 Å². The molecule has 0 saturated heterocycles. The van der Waals surface area contributed by atoms with Gasteiger partial charge in [-0.05, 0) is 42.0 Å². The van der Waals surface area contributed by atoms with Gasteiger partial charge in [-0.2, -0.15) is 5.10 Å². The zero-order chi connectivity index (χ0) is 11.0. The Balaban J connectivity index is 2.59. The van der Waals surface area contributed by atoms with E-state index in [2.05, 4.69) is 64.8 Å². The molecule has 0 amide bonds. The van der Waals surface area contributed by atoms with Gasteiger partial charge in [-0.25, -0.2) is 0 Å². The zero-order valence-corrected chi connectivity index (χ0v) is 10.8. The summed E-state index contributed by atoms with van der Waals surface area (Å²) in [6.45, 7) is 4.18. The maximum Gasteiger partial charge on any atom is 0.159 e. The maximum atomic E-state index is 5.71. The molecule has 15 heavy (non-hydrogen) atoms. The molecule has 2 aromatic rings. The van der Waals surface area contributed by atoms with Crippen molar-refractivity contribution in [1.82, 2.24) is 10.2 Å². The van der Waals surface area contributed by atoms with Crippen LogP contribution in [0.25, 0.3) is 11.3 Å². The van der Waals surface area contributed by atoms with Crippen molar-refractivity contribution in [3.05, 3.63) is 32.9 Å². The second-order valence-corrected chi connectivity index (χ2v) is 4.69. The van der Waals surface area contributed by atoms with Crippen molar-refractivity contribution >= 4 is 28.4 Å². The zero-order valence-electron chi connectivity index (χ0n) is 8.63. The van der Waals surface area contributed by atoms with E-state index in [9.17, 15) is 0 Å². The average Bonchev–Trinajstić information content (AvgIpc) is 2.49. The van der Waals surface area contributed by atoms with Crippen LogP contribution in [-0.4, -0.2) is 10.2 Å². The smallest absolute Gasteiger partial charge is 0.159 e. The summed E-state index contributed by atoms with van der Waals surface area (Å²) in [5, 5.41) is 6.97. The van der Waals surface area contributed by atoms with Gasteiger partial charge in [0.1, 0.15) is 0 Å². The Morgan fingerprint density at radius 2 is 2.07 bits per heavy atom. The van der Waals surface area contributed by atoms with E-state index in [0.29, 0.717) is 5.82 Å². The number of aryl methyl sites for hydroxylation is 2. The van der Waals surface area contributed by atoms with Crippen LogP contribution >= 0.6 is 22.6 Å². The van der Waals surface area contributed by atoms with Crippen molar-refractivity contribution in [3.63, 3.8) is 0 Å². The molecule has 0 fully saturated rings. The Bertz CT molecular complexity index is 503. The van der Waals surface area contributed by atoms with Crippen molar-refractivity contribution in [3.8, 4) is 11.3 Å². The van der Waals surface area contributed by atoms with Gasteiger partial charge in [0.2, 0.25) is 0 Å². The number of nitrogens with two attached hydrogens (primary N) is 1. The van der Waals surface area contributed by atoms with E-state index in [1.54, 1.807) is 0 Å². The van der Waals surface area contributed by atoms with Crippen molar-refractivity contribution in [2.75, 3.05) is 5.73 Å². The predicted molar refractivity (Wildman–Crippen MR) is 70.6 cm³/mol. The van der Waals surface area contributed by atoms with E-state index >= 15 is 0 Å². The highest BCUT2D eigenvalue weighted by Crippen LogP contribution is 2.29. The summed E-state index contributed by atoms with van der Waals surface area (Å²) in [6, 6.07) is 6.34. The lowest BCUT2D eigenvalue weighted by Gasteiger charge is -2.04. The average molecular weight is 313 g/mol. The van der Waals surface area contributed by atoms with Crippen molar-refractivity contribution in [2.45, 2.75) is 13.8 Å². The Labute approximate surface area is 102 Å². The molecular weight excluding hydrogens is 301 g/mol. The Kier molecular flexibility index (Phi) is 2.68. The third kappa shape index (κ3) is 1.86. The van der Waals surface area contributed by atoms with Crippen LogP contribution in [0.2, 0.25) is 0 Å². The second-order valence-electron chi connectivity index (χ2n) is 3.62. The van der Waals surface area contributed by atoms with Gasteiger partial charge in [0.15, 0.2) is 5.82 Å². The minimum absolute atomic E-state index is 0.561. The predicted octanol–water partition coefficient (Wildman–Crippen LogP) is 2.88. The third-order valence-electron chi connectivity index (χ3n) is 2.38. The Morgan fingerprint density at radius 1 is 1.33 bits per heavy atom. The first kappa shape index (κ1) is 10.5. The minimum atomic E-state index is 0.561. The lowest BCUT2D eigenvalue weighted by molar-refractivity contribution is 1.10. The Morgan fingerprint density at radius 3 is 2.60 bits per heavy atom. The van der Waals surface area contributed by atoms with E-state index in [4.69, 9.17) is 5.73 Å². The van der Waals surface area contributed by atoms with E-state index in [-0.39, 0.29) is 0 Å². The molecule has 0 radical (unpaired) electrons. The largest absolute Gasteiger partial charge is 0.381 e. The van der Waals surface area contributed by atoms with Gasteiger partial charge in [-0.3, -0.25) is 5.10 Å². The molecule has 0 bridgehead atoms. The molecule has 0 aliphatic heterocycles. The fraction of sp³-hybridized carbons (Fsp3) is 0.182. The van der Waals surface area contributed by atoms with Crippen LogP contribution in [0.1, 0.15) is 11.1 Å². The molecule has 1 aromatic carbocycles. The summed E-state index contributed by atoms with van der Waals surface area (Å²) < 4.78 is 0.986. The van der Waals surface area contributed by atoms with Crippen LogP contribution < -0.4 is 5.73 Å². The van der Waals surface area contributed by atoms with Crippen LogP contribution in [0.5, 0.6) is 0 Å². The van der Waals surface area contributed by atoms with Gasteiger partial charge in [0, 0.05) is 5.56 Å². The standard InChI is InChI=1S/C11H12IN3/c1-6-3-4-8(7(2)5-6)10-9(12)11(13)15-14-10/h3-5H,1-2H3,(H3,13,14,15). The van der Waals surface area contributed by atoms with Gasteiger partial charge < -0.3 is 5.73 Å². The third-order valence-corrected chi connectivity index (χ3v) is 3.48. The molecule has 0 saturated carbocycles. The van der Waals surface area contributed by atoms with Crippen LogP contribution in [0.4, 0.5) is 5.82 Å². The number of aromatic amines is 1. The molecule has 0 aliphatic carbocycles. The quantitative estimate of drug-likeness (QED) is 0.796. The number of nitrogen functional groups attached to an aromatic ring is 1. The van der Waals surface area contributed by atoms with Crippen LogP contribution in [0, 0.1) is 17.4 Å². The van der Waals surface area contributed by atoms with Crippen LogP contribution in [0.15, 0.2) is 18.2 Å². The molecular formula is C11H12IN3. The summed E-state index contributed by atoms with van der Waals surface area (Å²) in [7, 11) is 0. The molecule has 0 unspecified atom stereocenters. The number of aromatic nitrogens is 2. The highest BCUT2D eigenvalue weighted by Gasteiger charge is 2.11. The topological polar surface area (TPSA) is 54.7 Å². The van der Waals surface area contributed by atoms with Gasteiger partial charge >= 0.3 is 0 Å².